The molecule has 0 aliphatic heterocycles. The fourth-order valence-electron chi connectivity index (χ4n) is 2.99. The lowest BCUT2D eigenvalue weighted by molar-refractivity contribution is -0.143. The molecule has 0 aliphatic rings. The van der Waals surface area contributed by atoms with E-state index in [1.54, 1.807) is 38.0 Å². The second-order valence-electron chi connectivity index (χ2n) is 8.02. The summed E-state index contributed by atoms with van der Waals surface area (Å²) >= 11 is 0. The van der Waals surface area contributed by atoms with Gasteiger partial charge in [0.25, 0.3) is 0 Å². The Hall–Kier alpha value is -2.70. The summed E-state index contributed by atoms with van der Waals surface area (Å²) in [5.74, 6) is -1.55. The molecule has 0 radical (unpaired) electrons. The predicted octanol–water partition coefficient (Wildman–Crippen LogP) is 3.10. The van der Waals surface area contributed by atoms with E-state index in [-0.39, 0.29) is 0 Å². The van der Waals surface area contributed by atoms with Crippen LogP contribution < -0.4 is 0 Å². The number of nitrogens with zero attached hydrogens (tertiary/aromatic N) is 2. The lowest BCUT2D eigenvalue weighted by atomic mass is 10.0. The Morgan fingerprint density at radius 2 is 1.20 bits per heavy atom. The Morgan fingerprint density at radius 1 is 0.733 bits per heavy atom. The van der Waals surface area contributed by atoms with Gasteiger partial charge in [0.1, 0.15) is 12.1 Å². The van der Waals surface area contributed by atoms with Crippen LogP contribution >= 0.6 is 0 Å². The van der Waals surface area contributed by atoms with E-state index in [1.807, 2.05) is 62.4 Å². The number of benzene rings is 2. The van der Waals surface area contributed by atoms with Crippen molar-refractivity contribution in [3.05, 3.63) is 70.8 Å². The van der Waals surface area contributed by atoms with Gasteiger partial charge in [-0.25, -0.2) is 0 Å². The minimum Gasteiger partial charge on any atom is -0.480 e. The van der Waals surface area contributed by atoms with Gasteiger partial charge in [-0.2, -0.15) is 0 Å². The number of carbonyl (C=O) groups is 2. The first kappa shape index (κ1) is 25.3. The normalized spacial score (nSPS) is 12.8. The number of aryl methyl sites for hydroxylation is 2. The summed E-state index contributed by atoms with van der Waals surface area (Å²) in [7, 11) is 7.14. The zero-order valence-corrected chi connectivity index (χ0v) is 18.8. The van der Waals surface area contributed by atoms with Crippen LogP contribution in [0.15, 0.2) is 48.5 Å². The minimum absolute atomic E-state index is 0.451. The van der Waals surface area contributed by atoms with E-state index in [0.29, 0.717) is 12.8 Å². The maximum absolute atomic E-state index is 11.0. The monoisotopic (exact) mass is 414 g/mol. The van der Waals surface area contributed by atoms with Crippen LogP contribution in [0.3, 0.4) is 0 Å². The van der Waals surface area contributed by atoms with E-state index >= 15 is 0 Å². The number of rotatable bonds is 8. The third-order valence-electron chi connectivity index (χ3n) is 4.88. The minimum atomic E-state index is -0.777. The van der Waals surface area contributed by atoms with E-state index in [1.165, 1.54) is 5.56 Å². The largest absolute Gasteiger partial charge is 0.480 e. The van der Waals surface area contributed by atoms with Crippen molar-refractivity contribution in [1.82, 2.24) is 9.80 Å². The highest BCUT2D eigenvalue weighted by atomic mass is 16.4. The molecule has 2 rings (SSSR count). The molecule has 2 unspecified atom stereocenters. The zero-order chi connectivity index (χ0) is 22.8. The van der Waals surface area contributed by atoms with Crippen LogP contribution in [0.4, 0.5) is 0 Å². The summed E-state index contributed by atoms with van der Waals surface area (Å²) < 4.78 is 0. The maximum atomic E-state index is 11.0. The quantitative estimate of drug-likeness (QED) is 0.691. The second kappa shape index (κ2) is 12.1. The number of likely N-dealkylation sites (N-methyl/N-ethyl adjacent to an activating group) is 2. The predicted molar refractivity (Wildman–Crippen MR) is 120 cm³/mol. The number of aliphatic carboxylic acids is 2. The molecule has 0 saturated heterocycles. The number of hydrogen-bond acceptors (Lipinski definition) is 4. The molecule has 0 bridgehead atoms. The molecule has 2 N–H and O–H groups in total. The molecule has 6 nitrogen and oxygen atoms in total. The van der Waals surface area contributed by atoms with Crippen LogP contribution in [0.25, 0.3) is 0 Å². The molecule has 0 amide bonds. The first-order chi connectivity index (χ1) is 14.0. The number of hydrogen-bond donors (Lipinski definition) is 2. The molecular weight excluding hydrogens is 380 g/mol. The fraction of sp³-hybridized carbons (Fsp3) is 0.417. The van der Waals surface area contributed by atoms with Crippen molar-refractivity contribution in [2.45, 2.75) is 38.8 Å². The summed E-state index contributed by atoms with van der Waals surface area (Å²) in [4.78, 5) is 25.4. The number of carboxylic acids is 2. The van der Waals surface area contributed by atoms with Crippen molar-refractivity contribution < 1.29 is 19.8 Å². The molecule has 0 aliphatic carbocycles. The van der Waals surface area contributed by atoms with Crippen molar-refractivity contribution >= 4 is 11.9 Å². The Morgan fingerprint density at radius 3 is 1.60 bits per heavy atom. The molecule has 164 valence electrons. The molecule has 0 aromatic heterocycles. The molecule has 2 aromatic rings. The molecule has 2 aromatic carbocycles. The molecule has 0 saturated carbocycles. The Kier molecular flexibility index (Phi) is 10.2. The Bertz CT molecular complexity index is 816. The SMILES string of the molecule is Cc1ccc(CC(C(=O)O)N(C)C)cc1.Cc1cccc(CC(C(=O)O)N(C)C)c1. The van der Waals surface area contributed by atoms with Gasteiger partial charge in [0.05, 0.1) is 0 Å². The first-order valence-electron chi connectivity index (χ1n) is 9.90. The molecule has 0 fully saturated rings. The van der Waals surface area contributed by atoms with Gasteiger partial charge in [-0.15, -0.1) is 0 Å². The summed E-state index contributed by atoms with van der Waals surface area (Å²) in [6.45, 7) is 4.03. The van der Waals surface area contributed by atoms with E-state index in [9.17, 15) is 9.59 Å². The average Bonchev–Trinajstić information content (AvgIpc) is 2.65. The Balaban J connectivity index is 0.000000300. The lowest BCUT2D eigenvalue weighted by Gasteiger charge is -2.20. The van der Waals surface area contributed by atoms with Gasteiger partial charge in [-0.05, 0) is 66.0 Å². The second-order valence-corrected chi connectivity index (χ2v) is 8.02. The van der Waals surface area contributed by atoms with Gasteiger partial charge in [0.15, 0.2) is 0 Å². The van der Waals surface area contributed by atoms with Gasteiger partial charge in [-0.1, -0.05) is 59.7 Å². The van der Waals surface area contributed by atoms with Crippen molar-refractivity contribution in [2.24, 2.45) is 0 Å². The van der Waals surface area contributed by atoms with Crippen LogP contribution in [0.2, 0.25) is 0 Å². The average molecular weight is 415 g/mol. The van der Waals surface area contributed by atoms with Crippen LogP contribution in [0.5, 0.6) is 0 Å². The highest BCUT2D eigenvalue weighted by Crippen LogP contribution is 2.10. The topological polar surface area (TPSA) is 81.1 Å². The maximum Gasteiger partial charge on any atom is 0.321 e. The van der Waals surface area contributed by atoms with Crippen molar-refractivity contribution in [2.75, 3.05) is 28.2 Å². The third-order valence-corrected chi connectivity index (χ3v) is 4.88. The van der Waals surface area contributed by atoms with Crippen molar-refractivity contribution in [3.63, 3.8) is 0 Å². The van der Waals surface area contributed by atoms with Crippen molar-refractivity contribution in [3.8, 4) is 0 Å². The Labute approximate surface area is 179 Å². The van der Waals surface area contributed by atoms with E-state index in [4.69, 9.17) is 10.2 Å². The third kappa shape index (κ3) is 8.76. The van der Waals surface area contributed by atoms with Crippen LogP contribution in [0.1, 0.15) is 22.3 Å². The summed E-state index contributed by atoms with van der Waals surface area (Å²) in [5.41, 5.74) is 4.48. The zero-order valence-electron chi connectivity index (χ0n) is 18.8. The molecular formula is C24H34N2O4. The lowest BCUT2D eigenvalue weighted by Crippen LogP contribution is -2.37. The highest BCUT2D eigenvalue weighted by Gasteiger charge is 2.20. The van der Waals surface area contributed by atoms with E-state index < -0.39 is 24.0 Å². The summed E-state index contributed by atoms with van der Waals surface area (Å²) in [6.07, 6.45) is 1.09. The van der Waals surface area contributed by atoms with Gasteiger partial charge < -0.3 is 10.2 Å². The first-order valence-corrected chi connectivity index (χ1v) is 9.90. The smallest absolute Gasteiger partial charge is 0.321 e. The van der Waals surface area contributed by atoms with Gasteiger partial charge in [-0.3, -0.25) is 19.4 Å². The van der Waals surface area contributed by atoms with E-state index in [2.05, 4.69) is 0 Å². The molecule has 2 atom stereocenters. The molecule has 6 heteroatoms. The fourth-order valence-corrected chi connectivity index (χ4v) is 2.99. The summed E-state index contributed by atoms with van der Waals surface area (Å²) in [5, 5.41) is 18.1. The van der Waals surface area contributed by atoms with Crippen molar-refractivity contribution in [1.29, 1.82) is 0 Å². The van der Waals surface area contributed by atoms with Gasteiger partial charge in [0, 0.05) is 0 Å². The van der Waals surface area contributed by atoms with E-state index in [0.717, 1.165) is 16.7 Å². The van der Waals surface area contributed by atoms with Gasteiger partial charge in [0.2, 0.25) is 0 Å². The summed E-state index contributed by atoms with van der Waals surface area (Å²) in [6, 6.07) is 15.0. The van der Waals surface area contributed by atoms with Gasteiger partial charge >= 0.3 is 11.9 Å². The highest BCUT2D eigenvalue weighted by molar-refractivity contribution is 5.74. The van der Waals surface area contributed by atoms with Crippen LogP contribution in [-0.2, 0) is 22.4 Å². The standard InChI is InChI=1S/2C12H17NO2/c1-9-4-6-10(7-5-9)8-11(12(14)15)13(2)3;1-9-5-4-6-10(7-9)8-11(12(14)15)13(2)3/h2*4-7,11H,8H2,1-3H3,(H,14,15). The van der Waals surface area contributed by atoms with Crippen LogP contribution in [0, 0.1) is 13.8 Å². The van der Waals surface area contributed by atoms with Crippen LogP contribution in [-0.4, -0.2) is 72.2 Å². The molecule has 0 heterocycles. The molecule has 0 spiro atoms. The molecule has 30 heavy (non-hydrogen) atoms. The number of carboxylic acid groups (broad SMARTS) is 2.